The second-order valence-corrected chi connectivity index (χ2v) is 16.4. The van der Waals surface area contributed by atoms with Crippen molar-refractivity contribution in [2.24, 2.45) is 20.0 Å². The molecule has 0 amide bonds. The standard InChI is InChI=1S/C61H56N4/c1-5-45-17-33-57(34-18-45)62-41-49-9-25-53(26-10-49)61(54-27-11-50(12-28-54)42-63-58-35-19-46(6-2)20-36-58,55-29-13-51(14-30-55)43-64-59-37-21-47(7-3)22-38-59)56-31-15-52(16-32-56)44-65-60-39-23-48(8-4)24-40-60/h9-44H,5-8H2,1-4H3/b62-41+,63-42+,64-43+,65-44+. The molecule has 0 heterocycles. The van der Waals surface area contributed by atoms with E-state index >= 15 is 0 Å². The first-order valence-electron chi connectivity index (χ1n) is 22.9. The van der Waals surface area contributed by atoms with Crippen molar-refractivity contribution in [1.82, 2.24) is 0 Å². The first-order valence-corrected chi connectivity index (χ1v) is 22.9. The van der Waals surface area contributed by atoms with E-state index < -0.39 is 5.41 Å². The molecule has 0 saturated carbocycles. The number of hydrogen-bond acceptors (Lipinski definition) is 4. The highest BCUT2D eigenvalue weighted by Crippen LogP contribution is 2.45. The highest BCUT2D eigenvalue weighted by Gasteiger charge is 2.38. The molecule has 8 aromatic rings. The van der Waals surface area contributed by atoms with Gasteiger partial charge in [0.1, 0.15) is 0 Å². The summed E-state index contributed by atoms with van der Waals surface area (Å²) in [7, 11) is 0. The molecular formula is C61H56N4. The normalized spacial score (nSPS) is 12.0. The van der Waals surface area contributed by atoms with Crippen LogP contribution >= 0.6 is 0 Å². The molecule has 0 unspecified atom stereocenters. The van der Waals surface area contributed by atoms with Crippen LogP contribution in [0.4, 0.5) is 22.7 Å². The van der Waals surface area contributed by atoms with Crippen molar-refractivity contribution in [2.75, 3.05) is 0 Å². The van der Waals surface area contributed by atoms with Gasteiger partial charge in [-0.05, 0) is 141 Å². The number of hydrogen-bond donors (Lipinski definition) is 0. The summed E-state index contributed by atoms with van der Waals surface area (Å²) >= 11 is 0. The molecule has 8 aromatic carbocycles. The molecule has 8 rings (SSSR count). The van der Waals surface area contributed by atoms with Crippen molar-refractivity contribution < 1.29 is 0 Å². The van der Waals surface area contributed by atoms with Gasteiger partial charge in [-0.25, -0.2) is 0 Å². The molecule has 0 saturated heterocycles. The van der Waals surface area contributed by atoms with Crippen molar-refractivity contribution in [3.8, 4) is 0 Å². The van der Waals surface area contributed by atoms with E-state index in [0.717, 1.165) is 92.9 Å². The molecule has 0 aliphatic carbocycles. The lowest BCUT2D eigenvalue weighted by atomic mass is 9.65. The fraction of sp³-hybridized carbons (Fsp3) is 0.148. The maximum Gasteiger partial charge on any atom is 0.0701 e. The third-order valence-corrected chi connectivity index (χ3v) is 12.2. The van der Waals surface area contributed by atoms with Crippen LogP contribution in [-0.4, -0.2) is 24.9 Å². The highest BCUT2D eigenvalue weighted by atomic mass is 14.7. The Bertz CT molecular complexity index is 2460. The molecule has 0 N–H and O–H groups in total. The van der Waals surface area contributed by atoms with E-state index in [0.29, 0.717) is 0 Å². The van der Waals surface area contributed by atoms with Crippen LogP contribution in [0.2, 0.25) is 0 Å². The summed E-state index contributed by atoms with van der Waals surface area (Å²) < 4.78 is 0. The van der Waals surface area contributed by atoms with E-state index in [1.165, 1.54) is 22.3 Å². The fourth-order valence-electron chi connectivity index (χ4n) is 8.14. The van der Waals surface area contributed by atoms with Crippen LogP contribution in [0.3, 0.4) is 0 Å². The van der Waals surface area contributed by atoms with Gasteiger partial charge in [0.2, 0.25) is 0 Å². The quantitative estimate of drug-likeness (QED) is 0.0687. The second-order valence-electron chi connectivity index (χ2n) is 16.4. The Kier molecular flexibility index (Phi) is 14.4. The van der Waals surface area contributed by atoms with Crippen LogP contribution < -0.4 is 0 Å². The zero-order chi connectivity index (χ0) is 44.9. The number of aliphatic imine (C=N–C) groups is 4. The Morgan fingerprint density at radius 2 is 0.446 bits per heavy atom. The molecule has 0 aliphatic rings. The molecule has 4 heteroatoms. The van der Waals surface area contributed by atoms with Gasteiger partial charge in [0.15, 0.2) is 0 Å². The Morgan fingerprint density at radius 1 is 0.262 bits per heavy atom. The summed E-state index contributed by atoms with van der Waals surface area (Å²) in [6, 6.07) is 69.2. The van der Waals surface area contributed by atoms with Crippen LogP contribution in [0.1, 0.15) is 94.5 Å². The van der Waals surface area contributed by atoms with Crippen molar-refractivity contribution in [3.63, 3.8) is 0 Å². The van der Waals surface area contributed by atoms with Crippen LogP contribution in [0.25, 0.3) is 0 Å². The predicted molar refractivity (Wildman–Crippen MR) is 277 cm³/mol. The summed E-state index contributed by atoms with van der Waals surface area (Å²) in [5.41, 5.74) is 16.9. The zero-order valence-corrected chi connectivity index (χ0v) is 37.9. The summed E-state index contributed by atoms with van der Waals surface area (Å²) in [4.78, 5) is 19.3. The molecule has 0 bridgehead atoms. The van der Waals surface area contributed by atoms with Crippen molar-refractivity contribution in [3.05, 3.63) is 261 Å². The smallest absolute Gasteiger partial charge is 0.0701 e. The largest absolute Gasteiger partial charge is 0.256 e. The van der Waals surface area contributed by atoms with E-state index in [-0.39, 0.29) is 0 Å². The summed E-state index contributed by atoms with van der Waals surface area (Å²) in [5, 5.41) is 0. The van der Waals surface area contributed by atoms with Crippen molar-refractivity contribution in [2.45, 2.75) is 58.8 Å². The van der Waals surface area contributed by atoms with Crippen LogP contribution in [-0.2, 0) is 31.1 Å². The highest BCUT2D eigenvalue weighted by molar-refractivity contribution is 5.85. The minimum atomic E-state index is -0.700. The third-order valence-electron chi connectivity index (χ3n) is 12.2. The van der Waals surface area contributed by atoms with Gasteiger partial charge >= 0.3 is 0 Å². The molecule has 320 valence electrons. The van der Waals surface area contributed by atoms with Gasteiger partial charge in [-0.3, -0.25) is 20.0 Å². The summed E-state index contributed by atoms with van der Waals surface area (Å²) in [5.74, 6) is 0. The van der Waals surface area contributed by atoms with Crippen LogP contribution in [0.15, 0.2) is 214 Å². The van der Waals surface area contributed by atoms with E-state index in [1.807, 2.05) is 24.9 Å². The molecule has 0 spiro atoms. The number of benzene rings is 8. The van der Waals surface area contributed by atoms with Crippen molar-refractivity contribution in [1.29, 1.82) is 0 Å². The number of rotatable bonds is 16. The number of aryl methyl sites for hydroxylation is 4. The molecule has 0 radical (unpaired) electrons. The lowest BCUT2D eigenvalue weighted by molar-refractivity contribution is 0.745. The van der Waals surface area contributed by atoms with E-state index in [4.69, 9.17) is 20.0 Å². The Morgan fingerprint density at radius 3 is 0.615 bits per heavy atom. The van der Waals surface area contributed by atoms with Gasteiger partial charge in [0.05, 0.1) is 28.2 Å². The van der Waals surface area contributed by atoms with Crippen molar-refractivity contribution >= 4 is 47.6 Å². The Hall–Kier alpha value is -7.56. The van der Waals surface area contributed by atoms with Crippen LogP contribution in [0.5, 0.6) is 0 Å². The molecule has 4 nitrogen and oxygen atoms in total. The van der Waals surface area contributed by atoms with Gasteiger partial charge in [-0.2, -0.15) is 0 Å². The lowest BCUT2D eigenvalue weighted by Gasteiger charge is -2.37. The van der Waals surface area contributed by atoms with E-state index in [2.05, 4.69) is 222 Å². The minimum absolute atomic E-state index is 0.700. The maximum atomic E-state index is 4.83. The van der Waals surface area contributed by atoms with E-state index in [1.54, 1.807) is 0 Å². The molecule has 0 aromatic heterocycles. The molecule has 65 heavy (non-hydrogen) atoms. The number of nitrogens with zero attached hydrogens (tertiary/aromatic N) is 4. The SMILES string of the molecule is CCc1ccc(/N=C/c2ccc(C(c3ccc(/C=N/c4ccc(CC)cc4)cc3)(c3ccc(/C=N/c4ccc(CC)cc4)cc3)c3ccc(/C=N/c4ccc(CC)cc4)cc3)cc2)cc1. The van der Waals surface area contributed by atoms with Gasteiger partial charge in [-0.15, -0.1) is 0 Å². The monoisotopic (exact) mass is 844 g/mol. The molecular weight excluding hydrogens is 789 g/mol. The molecule has 0 fully saturated rings. The predicted octanol–water partition coefficient (Wildman–Crippen LogP) is 15.3. The van der Waals surface area contributed by atoms with Gasteiger partial charge in [0.25, 0.3) is 0 Å². The van der Waals surface area contributed by atoms with Gasteiger partial charge in [-0.1, -0.05) is 173 Å². The Balaban J connectivity index is 1.22. The molecule has 0 aliphatic heterocycles. The Labute approximate surface area is 385 Å². The average Bonchev–Trinajstić information content (AvgIpc) is 3.38. The van der Waals surface area contributed by atoms with Crippen LogP contribution in [0, 0.1) is 0 Å². The van der Waals surface area contributed by atoms with Gasteiger partial charge < -0.3 is 0 Å². The minimum Gasteiger partial charge on any atom is -0.256 e. The van der Waals surface area contributed by atoms with Gasteiger partial charge in [0, 0.05) is 24.9 Å². The lowest BCUT2D eigenvalue weighted by Crippen LogP contribution is -2.31. The third kappa shape index (κ3) is 10.8. The van der Waals surface area contributed by atoms with E-state index in [9.17, 15) is 0 Å². The summed E-state index contributed by atoms with van der Waals surface area (Å²) in [6.45, 7) is 8.68. The topological polar surface area (TPSA) is 49.4 Å². The maximum absolute atomic E-state index is 4.83. The summed E-state index contributed by atoms with van der Waals surface area (Å²) in [6.07, 6.45) is 11.8. The fourth-order valence-corrected chi connectivity index (χ4v) is 8.14. The first-order chi connectivity index (χ1) is 31.9. The average molecular weight is 845 g/mol. The first kappa shape index (κ1) is 44.1. The molecule has 0 atom stereocenters. The zero-order valence-electron chi connectivity index (χ0n) is 37.9. The second kappa shape index (κ2) is 21.2.